The second kappa shape index (κ2) is 10.9. The highest BCUT2D eigenvalue weighted by Crippen LogP contribution is 2.67. The van der Waals surface area contributed by atoms with Gasteiger partial charge in [0.15, 0.2) is 0 Å². The summed E-state index contributed by atoms with van der Waals surface area (Å²) in [5.41, 5.74) is 1.41. The van der Waals surface area contributed by atoms with Crippen molar-refractivity contribution in [2.75, 3.05) is 0 Å². The van der Waals surface area contributed by atoms with E-state index < -0.39 is 29.4 Å². The van der Waals surface area contributed by atoms with Crippen LogP contribution in [0.1, 0.15) is 98.6 Å². The van der Waals surface area contributed by atoms with Crippen LogP contribution in [0.25, 0.3) is 0 Å². The van der Waals surface area contributed by atoms with E-state index in [2.05, 4.69) is 26.0 Å². The molecule has 0 bridgehead atoms. The van der Waals surface area contributed by atoms with E-state index in [1.54, 1.807) is 12.1 Å². The van der Waals surface area contributed by atoms with Crippen molar-refractivity contribution < 1.29 is 38.1 Å². The quantitative estimate of drug-likeness (QED) is 0.205. The van der Waals surface area contributed by atoms with Gasteiger partial charge in [-0.05, 0) is 70.7 Å². The van der Waals surface area contributed by atoms with E-state index in [4.69, 9.17) is 23.7 Å². The summed E-state index contributed by atoms with van der Waals surface area (Å²) in [5.74, 6) is -0.358. The van der Waals surface area contributed by atoms with E-state index in [1.165, 1.54) is 20.8 Å². The maximum atomic E-state index is 11.9. The highest BCUT2D eigenvalue weighted by molar-refractivity contribution is 5.72. The molecule has 224 valence electrons. The molecule has 1 saturated carbocycles. The first kappa shape index (κ1) is 30.8. The number of benzene rings is 1. The minimum Gasteiger partial charge on any atom is -0.466 e. The maximum absolute atomic E-state index is 11.9. The van der Waals surface area contributed by atoms with Crippen LogP contribution in [0.2, 0.25) is 0 Å². The molecule has 4 atom stereocenters. The number of rotatable bonds is 7. The minimum atomic E-state index is -0.913. The summed E-state index contributed by atoms with van der Waals surface area (Å²) in [7, 11) is 0. The number of hydrogen-bond donors (Lipinski definition) is 0. The van der Waals surface area contributed by atoms with Crippen molar-refractivity contribution in [2.24, 2.45) is 10.8 Å². The lowest BCUT2D eigenvalue weighted by molar-refractivity contribution is -0.309. The normalized spacial score (nSPS) is 30.3. The van der Waals surface area contributed by atoms with Crippen molar-refractivity contribution in [3.8, 4) is 11.5 Å². The zero-order valence-electron chi connectivity index (χ0n) is 25.9. The summed E-state index contributed by atoms with van der Waals surface area (Å²) in [6, 6.07) is 3.42. The van der Waals surface area contributed by atoms with Gasteiger partial charge >= 0.3 is 17.9 Å². The molecular weight excluding hydrogens is 524 g/mol. The van der Waals surface area contributed by atoms with Gasteiger partial charge in [-0.15, -0.1) is 0 Å². The van der Waals surface area contributed by atoms with Crippen molar-refractivity contribution in [2.45, 2.75) is 118 Å². The van der Waals surface area contributed by atoms with Gasteiger partial charge in [-0.2, -0.15) is 0 Å². The van der Waals surface area contributed by atoms with Gasteiger partial charge in [0, 0.05) is 43.6 Å². The van der Waals surface area contributed by atoms with Crippen LogP contribution in [-0.2, 0) is 35.0 Å². The largest absolute Gasteiger partial charge is 0.466 e. The van der Waals surface area contributed by atoms with Crippen LogP contribution >= 0.6 is 0 Å². The van der Waals surface area contributed by atoms with Gasteiger partial charge in [0.1, 0.15) is 29.0 Å². The van der Waals surface area contributed by atoms with E-state index in [9.17, 15) is 14.4 Å². The zero-order chi connectivity index (χ0) is 30.4. The molecule has 1 aromatic rings. The van der Waals surface area contributed by atoms with Gasteiger partial charge < -0.3 is 23.7 Å². The Bertz CT molecular complexity index is 1310. The lowest BCUT2D eigenvalue weighted by Gasteiger charge is -2.54. The van der Waals surface area contributed by atoms with Gasteiger partial charge in [-0.1, -0.05) is 31.9 Å². The SMILES string of the molecule is CC(=O)Oc1cc(C)c(OC(C)=O)c(C/C=C(\C)CC2=C[C@@]3(C)CCC[C@@]3(C)[C@]3(C[C@@H](OC(C)=O)C(C)(C)O3)O2)c1. The first-order valence-electron chi connectivity index (χ1n) is 14.4. The molecule has 1 aliphatic carbocycles. The predicted octanol–water partition coefficient (Wildman–Crippen LogP) is 6.66. The van der Waals surface area contributed by atoms with Gasteiger partial charge in [0.25, 0.3) is 0 Å². The van der Waals surface area contributed by atoms with Crippen LogP contribution in [0.15, 0.2) is 35.6 Å². The highest BCUT2D eigenvalue weighted by atomic mass is 16.7. The molecule has 2 aliphatic heterocycles. The Labute approximate surface area is 243 Å². The number of allylic oxidation sites excluding steroid dienone is 3. The first-order chi connectivity index (χ1) is 19.0. The third-order valence-corrected chi connectivity index (χ3v) is 9.17. The molecule has 2 heterocycles. The van der Waals surface area contributed by atoms with E-state index in [0.29, 0.717) is 36.3 Å². The number of fused-ring (bicyclic) bond motifs is 2. The van der Waals surface area contributed by atoms with Gasteiger partial charge in [0.2, 0.25) is 5.79 Å². The Morgan fingerprint density at radius 2 is 1.66 bits per heavy atom. The molecule has 1 aromatic carbocycles. The van der Waals surface area contributed by atoms with Crippen LogP contribution in [0.5, 0.6) is 11.5 Å². The molecule has 3 aliphatic rings. The Morgan fingerprint density at radius 1 is 0.976 bits per heavy atom. The Morgan fingerprint density at radius 3 is 2.29 bits per heavy atom. The monoisotopic (exact) mass is 568 g/mol. The molecule has 0 amide bonds. The molecule has 0 aromatic heterocycles. The first-order valence-corrected chi connectivity index (χ1v) is 14.4. The van der Waals surface area contributed by atoms with E-state index in [0.717, 1.165) is 36.2 Å². The zero-order valence-corrected chi connectivity index (χ0v) is 25.9. The summed E-state index contributed by atoms with van der Waals surface area (Å²) in [6.07, 6.45) is 8.49. The van der Waals surface area contributed by atoms with Crippen LogP contribution in [0.3, 0.4) is 0 Å². The fourth-order valence-corrected chi connectivity index (χ4v) is 6.94. The molecule has 8 heteroatoms. The second-order valence-corrected chi connectivity index (χ2v) is 12.9. The molecular formula is C33H44O8. The molecule has 41 heavy (non-hydrogen) atoms. The Hall–Kier alpha value is -3.13. The lowest BCUT2D eigenvalue weighted by atomic mass is 9.60. The molecule has 0 radical (unpaired) electrons. The number of ether oxygens (including phenoxy) is 5. The third kappa shape index (κ3) is 5.94. The van der Waals surface area contributed by atoms with Crippen LogP contribution in [-0.4, -0.2) is 35.4 Å². The van der Waals surface area contributed by atoms with Gasteiger partial charge in [-0.3, -0.25) is 14.4 Å². The van der Waals surface area contributed by atoms with E-state index in [-0.39, 0.29) is 16.8 Å². The van der Waals surface area contributed by atoms with Crippen molar-refractivity contribution in [3.63, 3.8) is 0 Å². The summed E-state index contributed by atoms with van der Waals surface area (Å²) in [6.45, 7) is 16.5. The lowest BCUT2D eigenvalue weighted by Crippen LogP contribution is -2.57. The maximum Gasteiger partial charge on any atom is 0.308 e. The number of esters is 3. The standard InChI is InChI=1S/C33H44O8/c1-20(11-12-25-17-26(37-22(3)34)16-21(2)29(25)39-24(5)36)15-27-18-31(8)13-10-14-32(31,9)33(40-27)19-28(38-23(4)35)30(6,7)41-33/h11,16-18,28H,10,12-15,19H2,1-9H3/b20-11+/t28-,31-,32-,33-/m1/s1. The van der Waals surface area contributed by atoms with Crippen molar-refractivity contribution in [3.05, 3.63) is 46.7 Å². The number of carbonyl (C=O) groups is 3. The average Bonchev–Trinajstić information content (AvgIpc) is 3.26. The molecule has 8 nitrogen and oxygen atoms in total. The summed E-state index contributed by atoms with van der Waals surface area (Å²) < 4.78 is 30.2. The Kier molecular flexibility index (Phi) is 8.22. The fourth-order valence-electron chi connectivity index (χ4n) is 6.94. The van der Waals surface area contributed by atoms with Crippen molar-refractivity contribution in [1.29, 1.82) is 0 Å². The molecule has 1 saturated heterocycles. The second-order valence-electron chi connectivity index (χ2n) is 12.9. The topological polar surface area (TPSA) is 97.4 Å². The molecule has 4 rings (SSSR count). The molecule has 0 N–H and O–H groups in total. The molecule has 0 unspecified atom stereocenters. The minimum absolute atomic E-state index is 0.139. The highest BCUT2D eigenvalue weighted by Gasteiger charge is 2.70. The summed E-state index contributed by atoms with van der Waals surface area (Å²) in [4.78, 5) is 35.3. The van der Waals surface area contributed by atoms with Gasteiger partial charge in [0.05, 0.1) is 6.42 Å². The Balaban J connectivity index is 1.62. The summed E-state index contributed by atoms with van der Waals surface area (Å²) >= 11 is 0. The number of aryl methyl sites for hydroxylation is 1. The predicted molar refractivity (Wildman–Crippen MR) is 153 cm³/mol. The smallest absolute Gasteiger partial charge is 0.308 e. The average molecular weight is 569 g/mol. The van der Waals surface area contributed by atoms with E-state index in [1.807, 2.05) is 27.7 Å². The van der Waals surface area contributed by atoms with Gasteiger partial charge in [-0.25, -0.2) is 0 Å². The fraction of sp³-hybridized carbons (Fsp3) is 0.606. The third-order valence-electron chi connectivity index (χ3n) is 9.17. The van der Waals surface area contributed by atoms with E-state index >= 15 is 0 Å². The molecule has 2 fully saturated rings. The number of carbonyl (C=O) groups excluding carboxylic acids is 3. The summed E-state index contributed by atoms with van der Waals surface area (Å²) in [5, 5.41) is 0. The molecule has 1 spiro atoms. The van der Waals surface area contributed by atoms with Crippen molar-refractivity contribution in [1.82, 2.24) is 0 Å². The van der Waals surface area contributed by atoms with Crippen LogP contribution < -0.4 is 9.47 Å². The van der Waals surface area contributed by atoms with Crippen LogP contribution in [0, 0.1) is 17.8 Å². The van der Waals surface area contributed by atoms with Crippen molar-refractivity contribution >= 4 is 17.9 Å². The van der Waals surface area contributed by atoms with Crippen LogP contribution in [0.4, 0.5) is 0 Å². The number of hydrogen-bond acceptors (Lipinski definition) is 8.